The van der Waals surface area contributed by atoms with Crippen LogP contribution in [0.3, 0.4) is 0 Å². The molecule has 0 amide bonds. The first-order valence-electron chi connectivity index (χ1n) is 8.35. The Kier molecular flexibility index (Phi) is 4.11. The second-order valence-corrected chi connectivity index (χ2v) is 7.63. The van der Waals surface area contributed by atoms with Crippen molar-refractivity contribution in [1.29, 1.82) is 0 Å². The highest BCUT2D eigenvalue weighted by atomic mass is 32.1. The number of hydrogen-bond acceptors (Lipinski definition) is 3. The molecule has 1 unspecified atom stereocenters. The zero-order valence-electron chi connectivity index (χ0n) is 14.3. The predicted molar refractivity (Wildman–Crippen MR) is 99.3 cm³/mol. The topological polar surface area (TPSA) is 26.3 Å². The Morgan fingerprint density at radius 2 is 1.81 bits per heavy atom. The molecule has 0 radical (unpaired) electrons. The number of Topliss-reactive ketones (excluding diaryl/α,β-unsaturated/α-hetero) is 1. The summed E-state index contributed by atoms with van der Waals surface area (Å²) in [5.74, 6) is -1.83. The maximum Gasteiger partial charge on any atom is 0.454 e. The minimum Gasteiger partial charge on any atom is -0.481 e. The fourth-order valence-electron chi connectivity index (χ4n) is 3.38. The fourth-order valence-corrected chi connectivity index (χ4v) is 4.20. The number of carbonyl (C=O) groups is 1. The number of carbonyl (C=O) groups excluding carboxylic acids is 1. The van der Waals surface area contributed by atoms with Gasteiger partial charge in [0.05, 0.1) is 5.57 Å². The molecule has 0 saturated heterocycles. The van der Waals surface area contributed by atoms with E-state index >= 15 is 0 Å². The lowest BCUT2D eigenvalue weighted by molar-refractivity contribution is -0.166. The molecule has 4 rings (SSSR count). The van der Waals surface area contributed by atoms with E-state index in [0.29, 0.717) is 5.56 Å². The lowest BCUT2D eigenvalue weighted by Gasteiger charge is -2.24. The van der Waals surface area contributed by atoms with E-state index in [-0.39, 0.29) is 17.8 Å². The van der Waals surface area contributed by atoms with E-state index in [1.807, 2.05) is 47.8 Å². The van der Waals surface area contributed by atoms with E-state index in [2.05, 4.69) is 0 Å². The molecule has 27 heavy (non-hydrogen) atoms. The quantitative estimate of drug-likeness (QED) is 0.544. The van der Waals surface area contributed by atoms with Crippen molar-refractivity contribution >= 4 is 33.7 Å². The first-order chi connectivity index (χ1) is 12.8. The first kappa shape index (κ1) is 17.8. The Morgan fingerprint density at radius 3 is 2.48 bits per heavy atom. The molecule has 3 aromatic rings. The summed E-state index contributed by atoms with van der Waals surface area (Å²) in [7, 11) is 0. The van der Waals surface area contributed by atoms with Gasteiger partial charge in [0.1, 0.15) is 11.4 Å². The third-order valence-electron chi connectivity index (χ3n) is 4.70. The monoisotopic (exact) mass is 388 g/mol. The molecule has 0 saturated carbocycles. The van der Waals surface area contributed by atoms with Crippen LogP contribution in [-0.2, 0) is 15.1 Å². The molecule has 1 aliphatic rings. The zero-order valence-corrected chi connectivity index (χ0v) is 15.2. The standard InChI is InChI=1S/C21H15F3O2S/c1-20(17-7-4-10-27-17)12-16(19(25)21(22,23)24)18(26-20)15-9-8-13-5-2-3-6-14(13)11-15/h2-11H,12H2,1H3. The van der Waals surface area contributed by atoms with E-state index in [0.717, 1.165) is 15.6 Å². The summed E-state index contributed by atoms with van der Waals surface area (Å²) in [6.45, 7) is 1.72. The van der Waals surface area contributed by atoms with Crippen LogP contribution in [0, 0.1) is 0 Å². The van der Waals surface area contributed by atoms with E-state index in [1.54, 1.807) is 19.1 Å². The summed E-state index contributed by atoms with van der Waals surface area (Å²) in [5.41, 5.74) is -0.846. The van der Waals surface area contributed by atoms with E-state index in [4.69, 9.17) is 4.74 Å². The number of ketones is 1. The van der Waals surface area contributed by atoms with Crippen LogP contribution in [0.4, 0.5) is 13.2 Å². The van der Waals surface area contributed by atoms with Crippen molar-refractivity contribution in [3.63, 3.8) is 0 Å². The molecular formula is C21H15F3O2S. The maximum absolute atomic E-state index is 13.2. The molecule has 2 nitrogen and oxygen atoms in total. The van der Waals surface area contributed by atoms with Crippen molar-refractivity contribution in [2.45, 2.75) is 25.1 Å². The minimum atomic E-state index is -4.94. The summed E-state index contributed by atoms with van der Waals surface area (Å²) in [6.07, 6.45) is -5.06. The number of rotatable bonds is 3. The van der Waals surface area contributed by atoms with Crippen molar-refractivity contribution in [3.8, 4) is 0 Å². The highest BCUT2D eigenvalue weighted by Gasteiger charge is 2.49. The Balaban J connectivity index is 1.84. The number of halogens is 3. The number of ether oxygens (including phenoxy) is 1. The number of fused-ring (bicyclic) bond motifs is 1. The normalized spacial score (nSPS) is 20.1. The van der Waals surface area contributed by atoms with Gasteiger partial charge in [-0.25, -0.2) is 0 Å². The van der Waals surface area contributed by atoms with Gasteiger partial charge in [-0.2, -0.15) is 13.2 Å². The van der Waals surface area contributed by atoms with Gasteiger partial charge in [-0.1, -0.05) is 42.5 Å². The van der Waals surface area contributed by atoms with Gasteiger partial charge in [-0.05, 0) is 35.2 Å². The van der Waals surface area contributed by atoms with Crippen LogP contribution in [0.1, 0.15) is 23.8 Å². The third kappa shape index (κ3) is 3.14. The average Bonchev–Trinajstić information content (AvgIpc) is 3.29. The second kappa shape index (κ2) is 6.23. The molecule has 0 bridgehead atoms. The Labute approximate surface area is 157 Å². The van der Waals surface area contributed by atoms with Crippen molar-refractivity contribution in [3.05, 3.63) is 76.0 Å². The third-order valence-corrected chi connectivity index (χ3v) is 5.82. The molecule has 0 aliphatic carbocycles. The first-order valence-corrected chi connectivity index (χ1v) is 9.23. The average molecular weight is 388 g/mol. The van der Waals surface area contributed by atoms with Gasteiger partial charge in [0.25, 0.3) is 5.78 Å². The Morgan fingerprint density at radius 1 is 1.07 bits per heavy atom. The summed E-state index contributed by atoms with van der Waals surface area (Å²) in [6, 6.07) is 16.4. The molecular weight excluding hydrogens is 373 g/mol. The molecule has 138 valence electrons. The lowest BCUT2D eigenvalue weighted by Crippen LogP contribution is -2.26. The number of thiophene rings is 1. The summed E-state index contributed by atoms with van der Waals surface area (Å²) in [5, 5.41) is 3.67. The largest absolute Gasteiger partial charge is 0.481 e. The number of benzene rings is 2. The molecule has 2 heterocycles. The molecule has 1 atom stereocenters. The van der Waals surface area contributed by atoms with Crippen LogP contribution in [0.15, 0.2) is 65.6 Å². The molecule has 0 fully saturated rings. The molecule has 1 aromatic heterocycles. The lowest BCUT2D eigenvalue weighted by atomic mass is 9.93. The fraction of sp³-hybridized carbons (Fsp3) is 0.190. The van der Waals surface area contributed by atoms with Crippen LogP contribution in [0.5, 0.6) is 0 Å². The van der Waals surface area contributed by atoms with E-state index in [1.165, 1.54) is 11.3 Å². The highest BCUT2D eigenvalue weighted by molar-refractivity contribution is 7.10. The van der Waals surface area contributed by atoms with Gasteiger partial charge in [0, 0.05) is 16.9 Å². The van der Waals surface area contributed by atoms with Crippen molar-refractivity contribution in [2.75, 3.05) is 0 Å². The Bertz CT molecular complexity index is 1050. The van der Waals surface area contributed by atoms with E-state index < -0.39 is 17.6 Å². The molecule has 0 spiro atoms. The molecule has 0 N–H and O–H groups in total. The SMILES string of the molecule is CC1(c2cccs2)CC(C(=O)C(F)(F)F)=C(c2ccc3ccccc3c2)O1. The summed E-state index contributed by atoms with van der Waals surface area (Å²) < 4.78 is 45.6. The van der Waals surface area contributed by atoms with Crippen molar-refractivity contribution in [1.82, 2.24) is 0 Å². The van der Waals surface area contributed by atoms with Crippen LogP contribution < -0.4 is 0 Å². The zero-order chi connectivity index (χ0) is 19.2. The van der Waals surface area contributed by atoms with Gasteiger partial charge < -0.3 is 4.74 Å². The van der Waals surface area contributed by atoms with Crippen molar-refractivity contribution < 1.29 is 22.7 Å². The van der Waals surface area contributed by atoms with Crippen LogP contribution in [0.2, 0.25) is 0 Å². The molecule has 6 heteroatoms. The van der Waals surface area contributed by atoms with Gasteiger partial charge in [0.2, 0.25) is 0 Å². The van der Waals surface area contributed by atoms with Gasteiger partial charge >= 0.3 is 6.18 Å². The second-order valence-electron chi connectivity index (χ2n) is 6.68. The minimum absolute atomic E-state index is 0.0129. The highest BCUT2D eigenvalue weighted by Crippen LogP contribution is 2.48. The molecule has 1 aliphatic heterocycles. The smallest absolute Gasteiger partial charge is 0.454 e. The van der Waals surface area contributed by atoms with Crippen LogP contribution >= 0.6 is 11.3 Å². The Hall–Kier alpha value is -2.60. The molecule has 2 aromatic carbocycles. The van der Waals surface area contributed by atoms with E-state index in [9.17, 15) is 18.0 Å². The summed E-state index contributed by atoms with van der Waals surface area (Å²) >= 11 is 1.40. The number of alkyl halides is 3. The number of hydrogen-bond donors (Lipinski definition) is 0. The van der Waals surface area contributed by atoms with Gasteiger partial charge in [0.15, 0.2) is 0 Å². The van der Waals surface area contributed by atoms with Gasteiger partial charge in [-0.15, -0.1) is 11.3 Å². The van der Waals surface area contributed by atoms with Crippen LogP contribution in [-0.4, -0.2) is 12.0 Å². The maximum atomic E-state index is 13.2. The predicted octanol–water partition coefficient (Wildman–Crippen LogP) is 6.08. The summed E-state index contributed by atoms with van der Waals surface area (Å²) in [4.78, 5) is 12.9. The van der Waals surface area contributed by atoms with Crippen molar-refractivity contribution in [2.24, 2.45) is 0 Å². The van der Waals surface area contributed by atoms with Gasteiger partial charge in [-0.3, -0.25) is 4.79 Å². The van der Waals surface area contributed by atoms with Crippen LogP contribution in [0.25, 0.3) is 16.5 Å².